The van der Waals surface area contributed by atoms with Crippen LogP contribution in [0.2, 0.25) is 5.02 Å². The first-order valence-electron chi connectivity index (χ1n) is 8.05. The minimum Gasteiger partial charge on any atom is -0.544 e. The highest BCUT2D eigenvalue weighted by molar-refractivity contribution is 6.30. The molecule has 1 saturated heterocycles. The number of benzene rings is 1. The summed E-state index contributed by atoms with van der Waals surface area (Å²) in [5, 5.41) is 16.1. The lowest BCUT2D eigenvalue weighted by Crippen LogP contribution is -3.17. The van der Waals surface area contributed by atoms with Crippen molar-refractivity contribution in [2.45, 2.75) is 12.5 Å². The Labute approximate surface area is 145 Å². The van der Waals surface area contributed by atoms with Crippen LogP contribution in [0.4, 0.5) is 5.69 Å². The number of halogens is 1. The third kappa shape index (κ3) is 6.45. The Morgan fingerprint density at radius 2 is 2.12 bits per heavy atom. The highest BCUT2D eigenvalue weighted by atomic mass is 35.5. The van der Waals surface area contributed by atoms with Crippen LogP contribution < -0.4 is 20.6 Å². The molecule has 0 unspecified atom stereocenters. The van der Waals surface area contributed by atoms with Crippen molar-refractivity contribution in [3.05, 3.63) is 29.3 Å². The number of ether oxygens (including phenoxy) is 1. The average Bonchev–Trinajstić information content (AvgIpc) is 2.54. The fraction of sp³-hybridized carbons (Fsp3) is 0.500. The van der Waals surface area contributed by atoms with Gasteiger partial charge in [-0.25, -0.2) is 0 Å². The van der Waals surface area contributed by atoms with Crippen LogP contribution in [-0.4, -0.2) is 57.3 Å². The smallest absolute Gasteiger partial charge is 0.230 e. The average molecular weight is 357 g/mol. The van der Waals surface area contributed by atoms with E-state index in [2.05, 4.69) is 5.32 Å². The number of morpholine rings is 1. The maximum Gasteiger partial charge on any atom is 0.230 e. The van der Waals surface area contributed by atoms with E-state index in [0.717, 1.165) is 32.8 Å². The Balaban J connectivity index is 1.77. The zero-order chi connectivity index (χ0) is 17.4. The molecule has 1 heterocycles. The van der Waals surface area contributed by atoms with E-state index in [0.29, 0.717) is 17.3 Å². The SMILES string of the molecule is O=C(C[C@@H]([NH2+]CC[NH+]1CCOCC1)C(=O)[O-])Nc1cccc(Cl)c1. The summed E-state index contributed by atoms with van der Waals surface area (Å²) in [5.74, 6) is -1.60. The van der Waals surface area contributed by atoms with Gasteiger partial charge in [0, 0.05) is 10.7 Å². The number of hydrogen-bond acceptors (Lipinski definition) is 4. The van der Waals surface area contributed by atoms with E-state index < -0.39 is 12.0 Å². The van der Waals surface area contributed by atoms with Crippen molar-refractivity contribution in [3.63, 3.8) is 0 Å². The predicted molar refractivity (Wildman–Crippen MR) is 86.7 cm³/mol. The molecule has 4 N–H and O–H groups in total. The van der Waals surface area contributed by atoms with Crippen LogP contribution in [0.1, 0.15) is 6.42 Å². The van der Waals surface area contributed by atoms with Crippen LogP contribution in [0, 0.1) is 0 Å². The van der Waals surface area contributed by atoms with Gasteiger partial charge in [-0.1, -0.05) is 17.7 Å². The van der Waals surface area contributed by atoms with Gasteiger partial charge < -0.3 is 30.2 Å². The first kappa shape index (κ1) is 18.7. The summed E-state index contributed by atoms with van der Waals surface area (Å²) >= 11 is 5.85. The first-order chi connectivity index (χ1) is 11.5. The fourth-order valence-corrected chi connectivity index (χ4v) is 2.83. The van der Waals surface area contributed by atoms with Crippen molar-refractivity contribution in [1.82, 2.24) is 0 Å². The van der Waals surface area contributed by atoms with Crippen LogP contribution in [0.15, 0.2) is 24.3 Å². The number of hydrogen-bond donors (Lipinski definition) is 3. The van der Waals surface area contributed by atoms with E-state index in [1.165, 1.54) is 4.90 Å². The number of aliphatic carboxylic acids is 1. The maximum absolute atomic E-state index is 12.0. The molecule has 1 aliphatic rings. The largest absolute Gasteiger partial charge is 0.544 e. The normalized spacial score (nSPS) is 16.5. The number of anilines is 1. The number of rotatable bonds is 8. The maximum atomic E-state index is 12.0. The summed E-state index contributed by atoms with van der Waals surface area (Å²) in [6.07, 6.45) is -0.146. The van der Waals surface area contributed by atoms with E-state index in [1.54, 1.807) is 29.6 Å². The third-order valence-electron chi connectivity index (χ3n) is 3.97. The molecule has 132 valence electrons. The molecule has 0 aliphatic carbocycles. The highest BCUT2D eigenvalue weighted by Gasteiger charge is 2.20. The van der Waals surface area contributed by atoms with Gasteiger partial charge in [0.2, 0.25) is 5.91 Å². The van der Waals surface area contributed by atoms with Crippen LogP contribution in [0.5, 0.6) is 0 Å². The summed E-state index contributed by atoms with van der Waals surface area (Å²) in [6, 6.07) is 5.82. The highest BCUT2D eigenvalue weighted by Crippen LogP contribution is 2.14. The Hall–Kier alpha value is -1.67. The van der Waals surface area contributed by atoms with Gasteiger partial charge in [-0.2, -0.15) is 0 Å². The van der Waals surface area contributed by atoms with Crippen LogP contribution in [-0.2, 0) is 14.3 Å². The molecule has 1 fully saturated rings. The summed E-state index contributed by atoms with van der Waals surface area (Å²) in [5.41, 5.74) is 0.544. The molecule has 0 saturated carbocycles. The lowest BCUT2D eigenvalue weighted by molar-refractivity contribution is -0.920. The summed E-state index contributed by atoms with van der Waals surface area (Å²) in [7, 11) is 0. The van der Waals surface area contributed by atoms with Gasteiger partial charge in [0.25, 0.3) is 0 Å². The van der Waals surface area contributed by atoms with Crippen molar-refractivity contribution < 1.29 is 29.6 Å². The zero-order valence-electron chi connectivity index (χ0n) is 13.4. The number of carboxylic acid groups (broad SMARTS) is 1. The molecule has 1 aromatic rings. The molecule has 0 radical (unpaired) electrons. The number of nitrogens with two attached hydrogens (primary N) is 1. The van der Waals surface area contributed by atoms with Gasteiger partial charge >= 0.3 is 0 Å². The zero-order valence-corrected chi connectivity index (χ0v) is 14.2. The molecule has 0 spiro atoms. The minimum atomic E-state index is -1.23. The van der Waals surface area contributed by atoms with E-state index >= 15 is 0 Å². The number of nitrogens with one attached hydrogen (secondary N) is 2. The summed E-state index contributed by atoms with van der Waals surface area (Å²) < 4.78 is 5.29. The van der Waals surface area contributed by atoms with Crippen molar-refractivity contribution >= 4 is 29.2 Å². The van der Waals surface area contributed by atoms with Gasteiger partial charge in [0.1, 0.15) is 32.2 Å². The predicted octanol–water partition coefficient (Wildman–Crippen LogP) is -2.73. The number of carboxylic acids is 1. The molecule has 0 aromatic heterocycles. The van der Waals surface area contributed by atoms with Crippen LogP contribution >= 0.6 is 11.6 Å². The first-order valence-corrected chi connectivity index (χ1v) is 8.43. The Morgan fingerprint density at radius 1 is 1.38 bits per heavy atom. The molecule has 8 heteroatoms. The molecular weight excluding hydrogens is 334 g/mol. The second-order valence-electron chi connectivity index (χ2n) is 5.82. The monoisotopic (exact) mass is 356 g/mol. The molecule has 24 heavy (non-hydrogen) atoms. The van der Waals surface area contributed by atoms with Crippen molar-refractivity contribution in [3.8, 4) is 0 Å². The van der Waals surface area contributed by atoms with Gasteiger partial charge in [0.05, 0.1) is 25.6 Å². The summed E-state index contributed by atoms with van der Waals surface area (Å²) in [6.45, 7) is 4.79. The second-order valence-corrected chi connectivity index (χ2v) is 6.26. The molecule has 2 rings (SSSR count). The number of amides is 1. The van der Waals surface area contributed by atoms with Gasteiger partial charge in [-0.3, -0.25) is 4.79 Å². The lowest BCUT2D eigenvalue weighted by Gasteiger charge is -2.24. The molecular formula is C16H23ClN3O4+. The molecule has 1 atom stereocenters. The molecule has 1 aromatic carbocycles. The van der Waals surface area contributed by atoms with E-state index in [-0.39, 0.29) is 12.3 Å². The van der Waals surface area contributed by atoms with E-state index in [1.807, 2.05) is 0 Å². The van der Waals surface area contributed by atoms with Gasteiger partial charge in [0.15, 0.2) is 0 Å². The standard InChI is InChI=1S/C16H22ClN3O4/c17-12-2-1-3-13(10-12)19-15(21)11-14(16(22)23)18-4-5-20-6-8-24-9-7-20/h1-3,10,14,18H,4-9,11H2,(H,19,21)(H,22,23)/p+1/t14-/m1/s1. The van der Waals surface area contributed by atoms with Gasteiger partial charge in [-0.15, -0.1) is 0 Å². The van der Waals surface area contributed by atoms with Crippen molar-refractivity contribution in [1.29, 1.82) is 0 Å². The topological polar surface area (TPSA) is 99.5 Å². The van der Waals surface area contributed by atoms with Gasteiger partial charge in [-0.05, 0) is 18.2 Å². The quantitative estimate of drug-likeness (QED) is 0.471. The number of quaternary nitrogens is 2. The van der Waals surface area contributed by atoms with Crippen LogP contribution in [0.3, 0.4) is 0 Å². The van der Waals surface area contributed by atoms with Crippen LogP contribution in [0.25, 0.3) is 0 Å². The fourth-order valence-electron chi connectivity index (χ4n) is 2.64. The number of carbonyl (C=O) groups is 2. The lowest BCUT2D eigenvalue weighted by atomic mass is 10.2. The minimum absolute atomic E-state index is 0.146. The second kappa shape index (κ2) is 9.58. The van der Waals surface area contributed by atoms with Crippen molar-refractivity contribution in [2.75, 3.05) is 44.7 Å². The Bertz CT molecular complexity index is 564. The Kier molecular flexibility index (Phi) is 7.45. The van der Waals surface area contributed by atoms with E-state index in [4.69, 9.17) is 16.3 Å². The molecule has 1 aliphatic heterocycles. The molecule has 1 amide bonds. The molecule has 7 nitrogen and oxygen atoms in total. The molecule has 0 bridgehead atoms. The third-order valence-corrected chi connectivity index (χ3v) is 4.20. The van der Waals surface area contributed by atoms with E-state index in [9.17, 15) is 14.7 Å². The Morgan fingerprint density at radius 3 is 2.79 bits per heavy atom. The van der Waals surface area contributed by atoms with Crippen molar-refractivity contribution in [2.24, 2.45) is 0 Å². The number of carbonyl (C=O) groups excluding carboxylic acids is 2. The summed E-state index contributed by atoms with van der Waals surface area (Å²) in [4.78, 5) is 24.7.